The van der Waals surface area contributed by atoms with E-state index >= 15 is 0 Å². The van der Waals surface area contributed by atoms with E-state index in [9.17, 15) is 4.79 Å². The van der Waals surface area contributed by atoms with E-state index in [0.29, 0.717) is 17.6 Å². The van der Waals surface area contributed by atoms with Gasteiger partial charge in [-0.1, -0.05) is 12.1 Å². The maximum Gasteiger partial charge on any atom is 0.274 e. The summed E-state index contributed by atoms with van der Waals surface area (Å²) in [6, 6.07) is 5.07. The molecule has 1 amide bonds. The lowest BCUT2D eigenvalue weighted by molar-refractivity contribution is 0.0706. The van der Waals surface area contributed by atoms with Gasteiger partial charge in [-0.25, -0.2) is 5.48 Å². The Morgan fingerprint density at radius 1 is 1.55 bits per heavy atom. The number of rotatable bonds is 5. The Morgan fingerprint density at radius 2 is 2.32 bits per heavy atom. The van der Waals surface area contributed by atoms with Gasteiger partial charge in [0, 0.05) is 17.1 Å². The molecule has 2 aromatic rings. The lowest BCUT2D eigenvalue weighted by Gasteiger charge is -2.03. The Balaban J connectivity index is 2.28. The van der Waals surface area contributed by atoms with Crippen LogP contribution < -0.4 is 5.48 Å². The van der Waals surface area contributed by atoms with Gasteiger partial charge in [-0.05, 0) is 37.6 Å². The minimum atomic E-state index is -0.557. The second-order valence-corrected chi connectivity index (χ2v) is 5.06. The topological polar surface area (TPSA) is 76.4 Å². The Kier molecular flexibility index (Phi) is 5.35. The monoisotopic (exact) mass is 365 g/mol. The van der Waals surface area contributed by atoms with E-state index in [1.54, 1.807) is 28.4 Å². The summed E-state index contributed by atoms with van der Waals surface area (Å²) in [5.74, 6) is 0.185. The van der Waals surface area contributed by atoms with Crippen molar-refractivity contribution in [2.75, 3.05) is 0 Å². The quantitative estimate of drug-likeness (QED) is 0.368. The third-order valence-corrected chi connectivity index (χ3v) is 3.65. The predicted molar refractivity (Wildman–Crippen MR) is 86.5 cm³/mol. The number of hydrogen-bond donors (Lipinski definition) is 2. The molecular formula is C15H16BrN3O3. The number of hydrogen-bond acceptors (Lipinski definition) is 4. The molecule has 0 fully saturated rings. The second-order valence-electron chi connectivity index (χ2n) is 4.74. The highest BCUT2D eigenvalue weighted by Crippen LogP contribution is 2.16. The molecule has 0 bridgehead atoms. The largest absolute Gasteiger partial charge is 0.423 e. The summed E-state index contributed by atoms with van der Waals surface area (Å²) in [5, 5.41) is 14.0. The normalized spacial score (nSPS) is 12.5. The molecular weight excluding hydrogens is 350 g/mol. The molecule has 1 aromatic carbocycles. The summed E-state index contributed by atoms with van der Waals surface area (Å²) >= 11 is 2.94. The standard InChI is InChI=1S/C15H16BrN3O3/c1-3-11(6-10(2)22-16)8-19-9-13-5-4-12(15(20)18-21)7-14(13)17-19/h3-7,9,21H,8H2,1-2H3,(H,18,20). The molecule has 2 N–H and O–H groups in total. The molecule has 0 radical (unpaired) electrons. The highest BCUT2D eigenvalue weighted by Gasteiger charge is 2.08. The third kappa shape index (κ3) is 3.75. The lowest BCUT2D eigenvalue weighted by atomic mass is 10.1. The summed E-state index contributed by atoms with van der Waals surface area (Å²) < 4.78 is 6.76. The van der Waals surface area contributed by atoms with Gasteiger partial charge in [0.2, 0.25) is 0 Å². The van der Waals surface area contributed by atoms with E-state index in [2.05, 4.69) is 21.4 Å². The minimum Gasteiger partial charge on any atom is -0.423 e. The zero-order chi connectivity index (χ0) is 16.1. The maximum absolute atomic E-state index is 11.4. The number of benzene rings is 1. The van der Waals surface area contributed by atoms with Gasteiger partial charge in [0.25, 0.3) is 5.91 Å². The minimum absolute atomic E-state index is 0.356. The summed E-state index contributed by atoms with van der Waals surface area (Å²) in [6.45, 7) is 4.37. The number of nitrogens with one attached hydrogen (secondary N) is 1. The van der Waals surface area contributed by atoms with Crippen molar-refractivity contribution < 1.29 is 13.8 Å². The SMILES string of the molecule is CC=C(C=C(C)OBr)Cn1cc2ccc(C(=O)NO)cc2n1. The summed E-state index contributed by atoms with van der Waals surface area (Å²) in [6.07, 6.45) is 5.79. The van der Waals surface area contributed by atoms with Gasteiger partial charge in [-0.3, -0.25) is 14.7 Å². The number of carbonyl (C=O) groups excluding carboxylic acids is 1. The van der Waals surface area contributed by atoms with Crippen LogP contribution in [-0.2, 0) is 10.4 Å². The first kappa shape index (κ1) is 16.3. The third-order valence-electron chi connectivity index (χ3n) is 3.14. The Morgan fingerprint density at radius 3 is 2.95 bits per heavy atom. The zero-order valence-corrected chi connectivity index (χ0v) is 13.8. The molecule has 2 rings (SSSR count). The highest BCUT2D eigenvalue weighted by atomic mass is 79.9. The number of allylic oxidation sites excluding steroid dienone is 4. The number of carbonyl (C=O) groups is 1. The summed E-state index contributed by atoms with van der Waals surface area (Å²) in [4.78, 5) is 11.4. The molecule has 0 spiro atoms. The van der Waals surface area contributed by atoms with Crippen LogP contribution in [0.3, 0.4) is 0 Å². The van der Waals surface area contributed by atoms with Crippen LogP contribution in [0.4, 0.5) is 0 Å². The van der Waals surface area contributed by atoms with Gasteiger partial charge >= 0.3 is 0 Å². The van der Waals surface area contributed by atoms with Crippen molar-refractivity contribution >= 4 is 33.1 Å². The van der Waals surface area contributed by atoms with Crippen LogP contribution in [0.15, 0.2) is 47.9 Å². The van der Waals surface area contributed by atoms with Crippen molar-refractivity contribution in [3.05, 3.63) is 53.4 Å². The number of hydroxylamine groups is 1. The lowest BCUT2D eigenvalue weighted by Crippen LogP contribution is -2.18. The molecule has 0 aliphatic rings. The fraction of sp³-hybridized carbons (Fsp3) is 0.200. The van der Waals surface area contributed by atoms with Crippen molar-refractivity contribution in [1.29, 1.82) is 0 Å². The first-order valence-electron chi connectivity index (χ1n) is 6.61. The van der Waals surface area contributed by atoms with Crippen molar-refractivity contribution in [2.24, 2.45) is 0 Å². The summed E-state index contributed by atoms with van der Waals surface area (Å²) in [7, 11) is 0. The Hall–Kier alpha value is -2.12. The Bertz CT molecular complexity index is 750. The van der Waals surface area contributed by atoms with Crippen LogP contribution in [0.5, 0.6) is 0 Å². The van der Waals surface area contributed by atoms with Gasteiger partial charge in [0.15, 0.2) is 16.3 Å². The van der Waals surface area contributed by atoms with E-state index in [-0.39, 0.29) is 0 Å². The van der Waals surface area contributed by atoms with Gasteiger partial charge in [-0.15, -0.1) is 0 Å². The molecule has 0 aliphatic carbocycles. The molecule has 22 heavy (non-hydrogen) atoms. The molecule has 0 saturated heterocycles. The van der Waals surface area contributed by atoms with Crippen molar-refractivity contribution in [3.8, 4) is 0 Å². The Labute approximate surface area is 136 Å². The predicted octanol–water partition coefficient (Wildman–Crippen LogP) is 3.33. The first-order chi connectivity index (χ1) is 10.6. The van der Waals surface area contributed by atoms with E-state index in [0.717, 1.165) is 16.7 Å². The summed E-state index contributed by atoms with van der Waals surface area (Å²) in [5.41, 5.74) is 3.70. The van der Waals surface area contributed by atoms with Crippen molar-refractivity contribution in [1.82, 2.24) is 15.3 Å². The van der Waals surface area contributed by atoms with E-state index in [1.165, 1.54) is 0 Å². The van der Waals surface area contributed by atoms with Crippen LogP contribution >= 0.6 is 16.3 Å². The number of aromatic nitrogens is 2. The van der Waals surface area contributed by atoms with Crippen LogP contribution in [0, 0.1) is 0 Å². The molecule has 0 saturated carbocycles. The van der Waals surface area contributed by atoms with Crippen molar-refractivity contribution in [2.45, 2.75) is 20.4 Å². The van der Waals surface area contributed by atoms with Crippen LogP contribution in [0.1, 0.15) is 24.2 Å². The second kappa shape index (κ2) is 7.24. The highest BCUT2D eigenvalue weighted by molar-refractivity contribution is 9.06. The average molecular weight is 366 g/mol. The zero-order valence-electron chi connectivity index (χ0n) is 12.2. The number of nitrogens with zero attached hydrogens (tertiary/aromatic N) is 2. The average Bonchev–Trinajstić information content (AvgIpc) is 2.94. The van der Waals surface area contributed by atoms with Gasteiger partial charge in [-0.2, -0.15) is 5.10 Å². The number of amides is 1. The molecule has 0 atom stereocenters. The van der Waals surface area contributed by atoms with Crippen LogP contribution in [-0.4, -0.2) is 20.9 Å². The van der Waals surface area contributed by atoms with Crippen LogP contribution in [0.2, 0.25) is 0 Å². The first-order valence-corrected chi connectivity index (χ1v) is 7.26. The molecule has 0 unspecified atom stereocenters. The van der Waals surface area contributed by atoms with E-state index in [1.807, 2.05) is 32.2 Å². The van der Waals surface area contributed by atoms with Gasteiger partial charge in [0.05, 0.1) is 12.1 Å². The van der Waals surface area contributed by atoms with Crippen LogP contribution in [0.25, 0.3) is 10.9 Å². The smallest absolute Gasteiger partial charge is 0.274 e. The molecule has 0 aliphatic heterocycles. The fourth-order valence-corrected chi connectivity index (χ4v) is 2.14. The fourth-order valence-electron chi connectivity index (χ4n) is 2.04. The molecule has 7 heteroatoms. The molecule has 1 aromatic heterocycles. The van der Waals surface area contributed by atoms with Gasteiger partial charge < -0.3 is 3.83 Å². The maximum atomic E-state index is 11.4. The molecule has 1 heterocycles. The van der Waals surface area contributed by atoms with Crippen molar-refractivity contribution in [3.63, 3.8) is 0 Å². The number of fused-ring (bicyclic) bond motifs is 1. The van der Waals surface area contributed by atoms with E-state index < -0.39 is 5.91 Å². The number of halogens is 1. The van der Waals surface area contributed by atoms with Gasteiger partial charge in [0.1, 0.15) is 5.76 Å². The van der Waals surface area contributed by atoms with E-state index in [4.69, 9.17) is 9.04 Å². The molecule has 6 nitrogen and oxygen atoms in total. The molecule has 116 valence electrons.